The first-order valence-corrected chi connectivity index (χ1v) is 9.20. The van der Waals surface area contributed by atoms with Crippen LogP contribution in [0.25, 0.3) is 11.7 Å². The molecule has 26 heavy (non-hydrogen) atoms. The average molecular weight is 373 g/mol. The lowest BCUT2D eigenvalue weighted by Gasteiger charge is -2.15. The fourth-order valence-corrected chi connectivity index (χ4v) is 3.43. The third-order valence-electron chi connectivity index (χ3n) is 4.59. The van der Waals surface area contributed by atoms with E-state index in [4.69, 9.17) is 25.2 Å². The van der Waals surface area contributed by atoms with E-state index in [2.05, 4.69) is 16.0 Å². The van der Waals surface area contributed by atoms with Gasteiger partial charge in [-0.2, -0.15) is 0 Å². The lowest BCUT2D eigenvalue weighted by atomic mass is 10.2. The number of aryl methyl sites for hydroxylation is 1. The SMILES string of the molecule is Cc1oc(-c2ccco2)nc1COc1ccc(CN2CCCC2)cc1Cl. The van der Waals surface area contributed by atoms with Crippen LogP contribution in [0.1, 0.15) is 29.9 Å². The molecule has 0 unspecified atom stereocenters. The summed E-state index contributed by atoms with van der Waals surface area (Å²) in [6.45, 7) is 5.42. The maximum absolute atomic E-state index is 6.40. The summed E-state index contributed by atoms with van der Waals surface area (Å²) in [7, 11) is 0. The lowest BCUT2D eigenvalue weighted by Crippen LogP contribution is -2.18. The minimum absolute atomic E-state index is 0.293. The number of rotatable bonds is 6. The van der Waals surface area contributed by atoms with Gasteiger partial charge in [-0.15, -0.1) is 0 Å². The summed E-state index contributed by atoms with van der Waals surface area (Å²) in [5.74, 6) is 2.42. The van der Waals surface area contributed by atoms with Crippen molar-refractivity contribution in [2.45, 2.75) is 32.9 Å². The number of ether oxygens (including phenoxy) is 1. The normalized spacial score (nSPS) is 14.8. The largest absolute Gasteiger partial charge is 0.486 e. The zero-order chi connectivity index (χ0) is 17.9. The van der Waals surface area contributed by atoms with Gasteiger partial charge in [0.15, 0.2) is 5.76 Å². The topological polar surface area (TPSA) is 51.6 Å². The zero-order valence-corrected chi connectivity index (χ0v) is 15.5. The second kappa shape index (κ2) is 7.56. The summed E-state index contributed by atoms with van der Waals surface area (Å²) in [5.41, 5.74) is 1.94. The minimum atomic E-state index is 0.293. The quantitative estimate of drug-likeness (QED) is 0.604. The van der Waals surface area contributed by atoms with E-state index in [1.54, 1.807) is 12.3 Å². The molecule has 1 aliphatic heterocycles. The van der Waals surface area contributed by atoms with E-state index in [0.29, 0.717) is 34.8 Å². The predicted molar refractivity (Wildman–Crippen MR) is 99.2 cm³/mol. The van der Waals surface area contributed by atoms with Crippen LogP contribution < -0.4 is 4.74 Å². The molecule has 0 spiro atoms. The molecule has 0 bridgehead atoms. The number of hydrogen-bond acceptors (Lipinski definition) is 5. The van der Waals surface area contributed by atoms with Crippen molar-refractivity contribution in [2.75, 3.05) is 13.1 Å². The van der Waals surface area contributed by atoms with Crippen LogP contribution in [-0.2, 0) is 13.2 Å². The first-order valence-electron chi connectivity index (χ1n) is 8.83. The monoisotopic (exact) mass is 372 g/mol. The van der Waals surface area contributed by atoms with Gasteiger partial charge in [-0.3, -0.25) is 4.90 Å². The summed E-state index contributed by atoms with van der Waals surface area (Å²) >= 11 is 6.40. The molecule has 1 aliphatic rings. The number of oxazole rings is 1. The summed E-state index contributed by atoms with van der Waals surface area (Å²) < 4.78 is 16.8. The summed E-state index contributed by atoms with van der Waals surface area (Å²) in [6.07, 6.45) is 4.16. The van der Waals surface area contributed by atoms with Gasteiger partial charge >= 0.3 is 0 Å². The Hall–Kier alpha value is -2.24. The summed E-state index contributed by atoms with van der Waals surface area (Å²) in [4.78, 5) is 6.89. The Morgan fingerprint density at radius 3 is 2.81 bits per heavy atom. The van der Waals surface area contributed by atoms with Crippen LogP contribution in [-0.4, -0.2) is 23.0 Å². The smallest absolute Gasteiger partial charge is 0.263 e. The molecule has 0 amide bonds. The molecular formula is C20H21ClN2O3. The van der Waals surface area contributed by atoms with Gasteiger partial charge in [0.05, 0.1) is 11.3 Å². The Morgan fingerprint density at radius 1 is 1.23 bits per heavy atom. The van der Waals surface area contributed by atoms with Crippen LogP contribution in [0.2, 0.25) is 5.02 Å². The van der Waals surface area contributed by atoms with E-state index in [9.17, 15) is 0 Å². The maximum Gasteiger partial charge on any atom is 0.263 e. The Kier molecular flexibility index (Phi) is 5.00. The second-order valence-corrected chi connectivity index (χ2v) is 6.94. The molecule has 0 radical (unpaired) electrons. The molecule has 136 valence electrons. The Balaban J connectivity index is 1.41. The molecule has 5 nitrogen and oxygen atoms in total. The maximum atomic E-state index is 6.40. The Morgan fingerprint density at radius 2 is 2.08 bits per heavy atom. The Labute approximate surface area is 157 Å². The third-order valence-corrected chi connectivity index (χ3v) is 4.89. The summed E-state index contributed by atoms with van der Waals surface area (Å²) in [6, 6.07) is 9.60. The Bertz CT molecular complexity index is 867. The second-order valence-electron chi connectivity index (χ2n) is 6.54. The number of furan rings is 1. The molecule has 6 heteroatoms. The first-order chi connectivity index (χ1) is 12.7. The number of aromatic nitrogens is 1. The molecule has 0 atom stereocenters. The van der Waals surface area contributed by atoms with Crippen molar-refractivity contribution in [3.8, 4) is 17.4 Å². The molecule has 0 aliphatic carbocycles. The van der Waals surface area contributed by atoms with Crippen LogP contribution in [0.5, 0.6) is 5.75 Å². The number of hydrogen-bond donors (Lipinski definition) is 0. The average Bonchev–Trinajstić information content (AvgIpc) is 3.36. The van der Waals surface area contributed by atoms with Crippen LogP contribution in [0, 0.1) is 6.92 Å². The molecule has 4 rings (SSSR count). The van der Waals surface area contributed by atoms with Crippen molar-refractivity contribution in [3.05, 3.63) is 58.6 Å². The third kappa shape index (κ3) is 3.79. The highest BCUT2D eigenvalue weighted by Crippen LogP contribution is 2.28. The van der Waals surface area contributed by atoms with E-state index in [0.717, 1.165) is 12.2 Å². The molecule has 1 fully saturated rings. The van der Waals surface area contributed by atoms with Gasteiger partial charge in [0.2, 0.25) is 0 Å². The van der Waals surface area contributed by atoms with Gasteiger partial charge in [-0.1, -0.05) is 17.7 Å². The van der Waals surface area contributed by atoms with Crippen LogP contribution >= 0.6 is 11.6 Å². The van der Waals surface area contributed by atoms with Gasteiger partial charge in [-0.05, 0) is 62.7 Å². The van der Waals surface area contributed by atoms with E-state index in [-0.39, 0.29) is 0 Å². The highest BCUT2D eigenvalue weighted by atomic mass is 35.5. The molecule has 3 heterocycles. The molecule has 2 aromatic heterocycles. The highest BCUT2D eigenvalue weighted by Gasteiger charge is 2.15. The van der Waals surface area contributed by atoms with E-state index in [1.165, 1.54) is 31.5 Å². The molecule has 1 saturated heterocycles. The molecule has 3 aromatic rings. The van der Waals surface area contributed by atoms with E-state index >= 15 is 0 Å². The van der Waals surface area contributed by atoms with E-state index in [1.807, 2.05) is 25.1 Å². The van der Waals surface area contributed by atoms with Crippen LogP contribution in [0.15, 0.2) is 45.4 Å². The number of likely N-dealkylation sites (tertiary alicyclic amines) is 1. The van der Waals surface area contributed by atoms with Crippen molar-refractivity contribution >= 4 is 11.6 Å². The molecule has 0 N–H and O–H groups in total. The van der Waals surface area contributed by atoms with Gasteiger partial charge in [0.1, 0.15) is 23.8 Å². The lowest BCUT2D eigenvalue weighted by molar-refractivity contribution is 0.299. The van der Waals surface area contributed by atoms with Crippen molar-refractivity contribution < 1.29 is 13.6 Å². The minimum Gasteiger partial charge on any atom is -0.486 e. The van der Waals surface area contributed by atoms with Gasteiger partial charge < -0.3 is 13.6 Å². The number of benzene rings is 1. The standard InChI is InChI=1S/C20H21ClN2O3/c1-14-17(22-20(26-14)19-5-4-10-24-19)13-25-18-7-6-15(11-16(18)21)12-23-8-2-3-9-23/h4-7,10-11H,2-3,8-9,12-13H2,1H3. The zero-order valence-electron chi connectivity index (χ0n) is 14.7. The first kappa shape index (κ1) is 17.2. The van der Waals surface area contributed by atoms with Gasteiger partial charge in [0.25, 0.3) is 5.89 Å². The fourth-order valence-electron chi connectivity index (χ4n) is 3.17. The molecular weight excluding hydrogens is 352 g/mol. The fraction of sp³-hybridized carbons (Fsp3) is 0.350. The van der Waals surface area contributed by atoms with Crippen molar-refractivity contribution in [1.29, 1.82) is 0 Å². The van der Waals surface area contributed by atoms with E-state index < -0.39 is 0 Å². The number of nitrogens with zero attached hydrogens (tertiary/aromatic N) is 2. The van der Waals surface area contributed by atoms with Crippen LogP contribution in [0.3, 0.4) is 0 Å². The van der Waals surface area contributed by atoms with Gasteiger partial charge in [0, 0.05) is 6.54 Å². The van der Waals surface area contributed by atoms with Crippen molar-refractivity contribution in [1.82, 2.24) is 9.88 Å². The van der Waals surface area contributed by atoms with Crippen LogP contribution in [0.4, 0.5) is 0 Å². The van der Waals surface area contributed by atoms with Gasteiger partial charge in [-0.25, -0.2) is 4.98 Å². The highest BCUT2D eigenvalue weighted by molar-refractivity contribution is 6.32. The molecule has 1 aromatic carbocycles. The van der Waals surface area contributed by atoms with Crippen molar-refractivity contribution in [3.63, 3.8) is 0 Å². The predicted octanol–water partition coefficient (Wildman–Crippen LogP) is 5.07. The molecule has 0 saturated carbocycles. The van der Waals surface area contributed by atoms with Crippen molar-refractivity contribution in [2.24, 2.45) is 0 Å². The number of halogens is 1. The summed E-state index contributed by atoms with van der Waals surface area (Å²) in [5, 5.41) is 0.620.